The number of rotatable bonds is 4. The van der Waals surface area contributed by atoms with Crippen molar-refractivity contribution in [1.29, 1.82) is 0 Å². The first-order valence-electron chi connectivity index (χ1n) is 9.38. The third-order valence-electron chi connectivity index (χ3n) is 4.96. The minimum atomic E-state index is -4.48. The molecule has 4 aromatic rings. The van der Waals surface area contributed by atoms with Crippen LogP contribution in [0.2, 0.25) is 0 Å². The van der Waals surface area contributed by atoms with Crippen LogP contribution >= 0.6 is 22.6 Å². The van der Waals surface area contributed by atoms with Crippen molar-refractivity contribution in [3.63, 3.8) is 0 Å². The van der Waals surface area contributed by atoms with Crippen LogP contribution in [0.5, 0.6) is 5.75 Å². The van der Waals surface area contributed by atoms with E-state index in [0.717, 1.165) is 30.3 Å². The van der Waals surface area contributed by atoms with E-state index in [1.54, 1.807) is 6.92 Å². The highest BCUT2D eigenvalue weighted by Gasteiger charge is 2.41. The first-order chi connectivity index (χ1) is 15.5. The second kappa shape index (κ2) is 8.51. The molecule has 0 atom stereocenters. The van der Waals surface area contributed by atoms with Gasteiger partial charge in [-0.25, -0.2) is 22.0 Å². The number of hydrogen-bond donors (Lipinski definition) is 0. The lowest BCUT2D eigenvalue weighted by Crippen LogP contribution is -2.25. The number of ether oxygens (including phenoxy) is 1. The highest BCUT2D eigenvalue weighted by atomic mass is 127. The Bertz CT molecular complexity index is 1380. The van der Waals surface area contributed by atoms with Crippen LogP contribution in [0.25, 0.3) is 21.9 Å². The number of hydrogen-bond acceptors (Lipinski definition) is 1. The molecule has 33 heavy (non-hydrogen) atoms. The van der Waals surface area contributed by atoms with Crippen LogP contribution in [-0.4, -0.2) is 0 Å². The number of halogens is 8. The van der Waals surface area contributed by atoms with Gasteiger partial charge in [0.15, 0.2) is 0 Å². The molecule has 0 N–H and O–H groups in total. The van der Waals surface area contributed by atoms with Gasteiger partial charge in [0.2, 0.25) is 0 Å². The summed E-state index contributed by atoms with van der Waals surface area (Å²) < 4.78 is 105. The number of fused-ring (bicyclic) bond motifs is 1. The van der Waals surface area contributed by atoms with Crippen molar-refractivity contribution in [3.8, 4) is 16.9 Å². The minimum Gasteiger partial charge on any atom is -0.429 e. The molecule has 1 nitrogen and oxygen atoms in total. The van der Waals surface area contributed by atoms with Crippen molar-refractivity contribution in [2.24, 2.45) is 0 Å². The summed E-state index contributed by atoms with van der Waals surface area (Å²) in [5, 5.41) is -0.122. The lowest BCUT2D eigenvalue weighted by atomic mass is 10.0. The van der Waals surface area contributed by atoms with E-state index in [-0.39, 0.29) is 25.5 Å². The zero-order valence-electron chi connectivity index (χ0n) is 16.6. The van der Waals surface area contributed by atoms with Crippen LogP contribution in [0, 0.1) is 39.6 Å². The quantitative estimate of drug-likeness (QED) is 0.135. The van der Waals surface area contributed by atoms with E-state index >= 15 is 0 Å². The Morgan fingerprint density at radius 1 is 0.758 bits per heavy atom. The van der Waals surface area contributed by atoms with Gasteiger partial charge in [0.1, 0.15) is 40.4 Å². The predicted molar refractivity (Wildman–Crippen MR) is 118 cm³/mol. The van der Waals surface area contributed by atoms with E-state index in [4.69, 9.17) is 0 Å². The molecule has 0 aliphatic heterocycles. The van der Waals surface area contributed by atoms with E-state index in [1.165, 1.54) is 34.7 Å². The summed E-state index contributed by atoms with van der Waals surface area (Å²) in [5.74, 6) is -6.42. The smallest absolute Gasteiger partial charge is 0.429 e. The van der Waals surface area contributed by atoms with Crippen LogP contribution in [0.3, 0.4) is 0 Å². The molecule has 0 fully saturated rings. The molecule has 0 amide bonds. The van der Waals surface area contributed by atoms with Crippen LogP contribution in [0.15, 0.2) is 54.6 Å². The van der Waals surface area contributed by atoms with Gasteiger partial charge in [-0.05, 0) is 88.5 Å². The molecule has 4 aromatic carbocycles. The summed E-state index contributed by atoms with van der Waals surface area (Å²) in [6.45, 7) is 1.62. The van der Waals surface area contributed by atoms with Gasteiger partial charge < -0.3 is 4.74 Å². The topological polar surface area (TPSA) is 9.23 Å². The molecule has 0 saturated carbocycles. The largest absolute Gasteiger partial charge is 0.432 e. The van der Waals surface area contributed by atoms with Crippen molar-refractivity contribution < 1.29 is 35.5 Å². The Hall–Kier alpha value is -2.82. The second-order valence-electron chi connectivity index (χ2n) is 7.29. The van der Waals surface area contributed by atoms with Crippen LogP contribution in [0.4, 0.5) is 30.7 Å². The molecule has 9 heteroatoms. The third kappa shape index (κ3) is 4.38. The normalized spacial score (nSPS) is 11.8. The summed E-state index contributed by atoms with van der Waals surface area (Å²) in [6.07, 6.45) is -4.48. The summed E-state index contributed by atoms with van der Waals surface area (Å²) in [7, 11) is 0. The van der Waals surface area contributed by atoms with Gasteiger partial charge >= 0.3 is 6.11 Å². The Labute approximate surface area is 196 Å². The second-order valence-corrected chi connectivity index (χ2v) is 8.37. The molecule has 0 radical (unpaired) electrons. The molecule has 0 aliphatic rings. The molecule has 0 bridgehead atoms. The van der Waals surface area contributed by atoms with Crippen LogP contribution in [0.1, 0.15) is 11.1 Å². The van der Waals surface area contributed by atoms with E-state index in [2.05, 4.69) is 4.74 Å². The Kier molecular flexibility index (Phi) is 6.02. The van der Waals surface area contributed by atoms with Gasteiger partial charge in [0, 0.05) is 10.9 Å². The Balaban J connectivity index is 1.72. The summed E-state index contributed by atoms with van der Waals surface area (Å²) >= 11 is 1.46. The van der Waals surface area contributed by atoms with E-state index in [0.29, 0.717) is 17.7 Å². The molecule has 0 unspecified atom stereocenters. The van der Waals surface area contributed by atoms with Gasteiger partial charge in [0.25, 0.3) is 0 Å². The monoisotopic (exact) mass is 576 g/mol. The average Bonchev–Trinajstić information content (AvgIpc) is 2.71. The maximum Gasteiger partial charge on any atom is 0.432 e. The number of benzene rings is 4. The SMILES string of the molecule is Cc1ccc(-c2cc(F)c(C(F)(F)Oc3ccc4c(F)c(I)c(F)cc4c3)c(F)c2)c(F)c1. The van der Waals surface area contributed by atoms with Gasteiger partial charge in [-0.15, -0.1) is 0 Å². The van der Waals surface area contributed by atoms with E-state index in [9.17, 15) is 30.7 Å². The first kappa shape index (κ1) is 23.3. The third-order valence-corrected chi connectivity index (χ3v) is 5.95. The van der Waals surface area contributed by atoms with Gasteiger partial charge in [0.05, 0.1) is 3.57 Å². The molecule has 0 saturated heterocycles. The van der Waals surface area contributed by atoms with Crippen LogP contribution < -0.4 is 4.74 Å². The standard InChI is InChI=1S/C24H12F7IO/c1-11-2-4-15(17(25)6-11)13-8-18(26)21(19(27)9-13)24(30,31)33-14-3-5-16-12(7-14)10-20(28)23(32)22(16)29/h2-10H,1H3. The first-order valence-corrected chi connectivity index (χ1v) is 10.5. The maximum atomic E-state index is 14.7. The lowest BCUT2D eigenvalue weighted by Gasteiger charge is -2.20. The van der Waals surface area contributed by atoms with Crippen LogP contribution in [-0.2, 0) is 6.11 Å². The summed E-state index contributed by atoms with van der Waals surface area (Å²) in [6, 6.07) is 9.01. The Morgan fingerprint density at radius 2 is 1.42 bits per heavy atom. The molecule has 0 aliphatic carbocycles. The minimum absolute atomic E-state index is 0.0432. The number of aryl methyl sites for hydroxylation is 1. The lowest BCUT2D eigenvalue weighted by molar-refractivity contribution is -0.189. The highest BCUT2D eigenvalue weighted by molar-refractivity contribution is 14.1. The fourth-order valence-corrected chi connectivity index (χ4v) is 3.85. The summed E-state index contributed by atoms with van der Waals surface area (Å²) in [5.41, 5.74) is -1.55. The maximum absolute atomic E-state index is 14.7. The van der Waals surface area contributed by atoms with Crippen molar-refractivity contribution in [2.45, 2.75) is 13.0 Å². The average molecular weight is 576 g/mol. The van der Waals surface area contributed by atoms with Crippen molar-refractivity contribution >= 4 is 33.4 Å². The van der Waals surface area contributed by atoms with E-state index < -0.39 is 46.5 Å². The zero-order chi connectivity index (χ0) is 24.1. The van der Waals surface area contributed by atoms with Gasteiger partial charge in [-0.1, -0.05) is 12.1 Å². The molecule has 0 spiro atoms. The van der Waals surface area contributed by atoms with Gasteiger partial charge in [-0.3, -0.25) is 0 Å². The fourth-order valence-electron chi connectivity index (χ4n) is 3.41. The molecule has 4 rings (SSSR count). The van der Waals surface area contributed by atoms with Crippen molar-refractivity contribution in [3.05, 3.63) is 98.4 Å². The molecule has 170 valence electrons. The Morgan fingerprint density at radius 3 is 2.06 bits per heavy atom. The van der Waals surface area contributed by atoms with Crippen molar-refractivity contribution in [2.75, 3.05) is 0 Å². The zero-order valence-corrected chi connectivity index (χ0v) is 18.8. The molecule has 0 heterocycles. The fraction of sp³-hybridized carbons (Fsp3) is 0.0833. The van der Waals surface area contributed by atoms with Crippen molar-refractivity contribution in [1.82, 2.24) is 0 Å². The van der Waals surface area contributed by atoms with E-state index in [1.807, 2.05) is 0 Å². The highest BCUT2D eigenvalue weighted by Crippen LogP contribution is 2.38. The molecular weight excluding hydrogens is 564 g/mol. The molecule has 0 aromatic heterocycles. The predicted octanol–water partition coefficient (Wildman–Crippen LogP) is 8.24. The number of alkyl halides is 2. The summed E-state index contributed by atoms with van der Waals surface area (Å²) in [4.78, 5) is 0. The molecular formula is C24H12F7IO. The van der Waals surface area contributed by atoms with Gasteiger partial charge in [-0.2, -0.15) is 8.78 Å².